The van der Waals surface area contributed by atoms with Gasteiger partial charge in [0, 0.05) is 26.7 Å². The molecule has 0 aliphatic carbocycles. The molecule has 3 aromatic rings. The molecule has 1 aromatic carbocycles. The van der Waals surface area contributed by atoms with Crippen LogP contribution in [-0.4, -0.2) is 45.3 Å². The SMILES string of the molecule is CCNC(=NCc1ccc(C(F)(F)F)cc1)NCCNc1ncnc2c1cnn2C.I. The average Bonchev–Trinajstić information content (AvgIpc) is 3.10. The van der Waals surface area contributed by atoms with E-state index in [9.17, 15) is 13.2 Å². The number of aryl methyl sites for hydroxylation is 1. The molecule has 0 unspecified atom stereocenters. The van der Waals surface area contributed by atoms with E-state index in [2.05, 4.69) is 36.0 Å². The molecular weight excluding hydrogens is 524 g/mol. The van der Waals surface area contributed by atoms with Crippen molar-refractivity contribution < 1.29 is 13.2 Å². The van der Waals surface area contributed by atoms with E-state index in [4.69, 9.17) is 0 Å². The number of aromatic nitrogens is 4. The summed E-state index contributed by atoms with van der Waals surface area (Å²) < 4.78 is 39.6. The Balaban J connectivity index is 0.00000341. The summed E-state index contributed by atoms with van der Waals surface area (Å²) in [6.45, 7) is 4.00. The third-order valence-corrected chi connectivity index (χ3v) is 4.28. The number of aliphatic imine (C=N–C) groups is 1. The van der Waals surface area contributed by atoms with Gasteiger partial charge < -0.3 is 16.0 Å². The van der Waals surface area contributed by atoms with Crippen molar-refractivity contribution in [2.45, 2.75) is 19.6 Å². The standard InChI is InChI=1S/C19H23F3N8.HI/c1-3-23-18(26-10-13-4-6-14(7-5-13)19(20,21)22)25-9-8-24-16-15-11-29-30(2)17(15)28-12-27-16;/h4-7,11-12H,3,8-10H2,1-2H3,(H2,23,25,26)(H,24,27,28);1H. The molecule has 2 heterocycles. The minimum atomic E-state index is -4.34. The van der Waals surface area contributed by atoms with Crippen LogP contribution in [0.1, 0.15) is 18.1 Å². The maximum absolute atomic E-state index is 12.7. The topological polar surface area (TPSA) is 92.1 Å². The molecule has 0 aliphatic rings. The van der Waals surface area contributed by atoms with Crippen LogP contribution in [-0.2, 0) is 19.8 Å². The molecule has 0 spiro atoms. The number of hydrogen-bond donors (Lipinski definition) is 3. The molecule has 0 atom stereocenters. The predicted molar refractivity (Wildman–Crippen MR) is 124 cm³/mol. The Morgan fingerprint density at radius 2 is 1.84 bits per heavy atom. The van der Waals surface area contributed by atoms with Crippen molar-refractivity contribution in [3.63, 3.8) is 0 Å². The summed E-state index contributed by atoms with van der Waals surface area (Å²) >= 11 is 0. The molecule has 0 aliphatic heterocycles. The van der Waals surface area contributed by atoms with Gasteiger partial charge in [-0.3, -0.25) is 4.68 Å². The molecule has 0 bridgehead atoms. The van der Waals surface area contributed by atoms with Gasteiger partial charge in [0.05, 0.1) is 23.7 Å². The Bertz CT molecular complexity index is 1000. The second kappa shape index (κ2) is 11.1. The summed E-state index contributed by atoms with van der Waals surface area (Å²) in [4.78, 5) is 12.9. The molecule has 3 rings (SSSR count). The lowest BCUT2D eigenvalue weighted by atomic mass is 10.1. The van der Waals surface area contributed by atoms with Crippen LogP contribution < -0.4 is 16.0 Å². The predicted octanol–water partition coefficient (Wildman–Crippen LogP) is 3.17. The van der Waals surface area contributed by atoms with Crippen molar-refractivity contribution in [3.05, 3.63) is 47.9 Å². The van der Waals surface area contributed by atoms with E-state index in [0.29, 0.717) is 37.0 Å². The van der Waals surface area contributed by atoms with Gasteiger partial charge in [-0.2, -0.15) is 18.3 Å². The van der Waals surface area contributed by atoms with E-state index < -0.39 is 11.7 Å². The van der Waals surface area contributed by atoms with Gasteiger partial charge in [-0.25, -0.2) is 15.0 Å². The van der Waals surface area contributed by atoms with Crippen molar-refractivity contribution in [2.24, 2.45) is 12.0 Å². The first-order valence-corrected chi connectivity index (χ1v) is 9.43. The first kappa shape index (κ1) is 24.6. The highest BCUT2D eigenvalue weighted by Crippen LogP contribution is 2.29. The fourth-order valence-corrected chi connectivity index (χ4v) is 2.78. The highest BCUT2D eigenvalue weighted by molar-refractivity contribution is 14.0. The molecule has 8 nitrogen and oxygen atoms in total. The van der Waals surface area contributed by atoms with Crippen LogP contribution in [0.25, 0.3) is 11.0 Å². The Kier molecular flexibility index (Phi) is 8.83. The fourth-order valence-electron chi connectivity index (χ4n) is 2.78. The zero-order chi connectivity index (χ0) is 21.6. The van der Waals surface area contributed by atoms with E-state index in [0.717, 1.165) is 23.2 Å². The molecule has 12 heteroatoms. The number of guanidine groups is 1. The molecule has 0 amide bonds. The molecule has 31 heavy (non-hydrogen) atoms. The third-order valence-electron chi connectivity index (χ3n) is 4.28. The van der Waals surface area contributed by atoms with Gasteiger partial charge in [0.25, 0.3) is 0 Å². The average molecular weight is 548 g/mol. The highest BCUT2D eigenvalue weighted by atomic mass is 127. The Morgan fingerprint density at radius 1 is 1.10 bits per heavy atom. The van der Waals surface area contributed by atoms with Gasteiger partial charge in [-0.1, -0.05) is 12.1 Å². The molecule has 0 saturated heterocycles. The number of alkyl halides is 3. The molecule has 2 aromatic heterocycles. The Morgan fingerprint density at radius 3 is 2.52 bits per heavy atom. The van der Waals surface area contributed by atoms with Gasteiger partial charge in [-0.05, 0) is 24.6 Å². The lowest BCUT2D eigenvalue weighted by molar-refractivity contribution is -0.137. The number of nitrogens with one attached hydrogen (secondary N) is 3. The summed E-state index contributed by atoms with van der Waals surface area (Å²) in [5.41, 5.74) is 0.768. The van der Waals surface area contributed by atoms with Crippen molar-refractivity contribution >= 4 is 46.8 Å². The summed E-state index contributed by atoms with van der Waals surface area (Å²) in [6.07, 6.45) is -1.15. The normalized spacial score (nSPS) is 11.8. The largest absolute Gasteiger partial charge is 0.416 e. The lowest BCUT2D eigenvalue weighted by Gasteiger charge is -2.12. The van der Waals surface area contributed by atoms with E-state index in [1.165, 1.54) is 18.5 Å². The smallest absolute Gasteiger partial charge is 0.368 e. The number of anilines is 1. The molecule has 0 radical (unpaired) electrons. The summed E-state index contributed by atoms with van der Waals surface area (Å²) in [5.74, 6) is 1.27. The maximum atomic E-state index is 12.7. The number of benzene rings is 1. The Hall–Kier alpha value is -2.64. The molecule has 168 valence electrons. The van der Waals surface area contributed by atoms with E-state index in [-0.39, 0.29) is 30.5 Å². The molecule has 0 saturated carbocycles. The first-order valence-electron chi connectivity index (χ1n) is 9.43. The summed E-state index contributed by atoms with van der Waals surface area (Å²) in [7, 11) is 1.82. The van der Waals surface area contributed by atoms with Crippen LogP contribution in [0.4, 0.5) is 19.0 Å². The van der Waals surface area contributed by atoms with Crippen LogP contribution >= 0.6 is 24.0 Å². The van der Waals surface area contributed by atoms with Gasteiger partial charge in [0.2, 0.25) is 0 Å². The monoisotopic (exact) mass is 548 g/mol. The summed E-state index contributed by atoms with van der Waals surface area (Å²) in [6, 6.07) is 5.00. The van der Waals surface area contributed by atoms with Gasteiger partial charge >= 0.3 is 6.18 Å². The number of halogens is 4. The van der Waals surface area contributed by atoms with E-state index >= 15 is 0 Å². The van der Waals surface area contributed by atoms with E-state index in [1.54, 1.807) is 10.9 Å². The van der Waals surface area contributed by atoms with Crippen molar-refractivity contribution in [1.82, 2.24) is 30.4 Å². The van der Waals surface area contributed by atoms with Crippen LogP contribution in [0.15, 0.2) is 41.8 Å². The minimum Gasteiger partial charge on any atom is -0.368 e. The quantitative estimate of drug-likeness (QED) is 0.182. The zero-order valence-corrected chi connectivity index (χ0v) is 19.4. The van der Waals surface area contributed by atoms with Crippen molar-refractivity contribution in [2.75, 3.05) is 25.0 Å². The molecule has 0 fully saturated rings. The zero-order valence-electron chi connectivity index (χ0n) is 17.1. The fraction of sp³-hybridized carbons (Fsp3) is 0.368. The minimum absolute atomic E-state index is 0. The maximum Gasteiger partial charge on any atom is 0.416 e. The summed E-state index contributed by atoms with van der Waals surface area (Å²) in [5, 5.41) is 14.5. The van der Waals surface area contributed by atoms with Crippen molar-refractivity contribution in [3.8, 4) is 0 Å². The van der Waals surface area contributed by atoms with Crippen LogP contribution in [0.3, 0.4) is 0 Å². The van der Waals surface area contributed by atoms with Crippen LogP contribution in [0.2, 0.25) is 0 Å². The first-order chi connectivity index (χ1) is 14.4. The third kappa shape index (κ3) is 6.67. The van der Waals surface area contributed by atoms with Gasteiger partial charge in [-0.15, -0.1) is 24.0 Å². The van der Waals surface area contributed by atoms with E-state index in [1.807, 2.05) is 14.0 Å². The molecular formula is C19H24F3IN8. The lowest BCUT2D eigenvalue weighted by Crippen LogP contribution is -2.39. The second-order valence-electron chi connectivity index (χ2n) is 6.47. The number of nitrogens with zero attached hydrogens (tertiary/aromatic N) is 5. The highest BCUT2D eigenvalue weighted by Gasteiger charge is 2.29. The van der Waals surface area contributed by atoms with Gasteiger partial charge in [0.15, 0.2) is 11.6 Å². The number of hydrogen-bond acceptors (Lipinski definition) is 5. The Labute approximate surface area is 194 Å². The van der Waals surface area contributed by atoms with Crippen LogP contribution in [0.5, 0.6) is 0 Å². The second-order valence-corrected chi connectivity index (χ2v) is 6.47. The number of rotatable bonds is 7. The van der Waals surface area contributed by atoms with Gasteiger partial charge in [0.1, 0.15) is 12.1 Å². The number of fused-ring (bicyclic) bond motifs is 1. The molecule has 3 N–H and O–H groups in total. The van der Waals surface area contributed by atoms with Crippen LogP contribution in [0, 0.1) is 0 Å². The van der Waals surface area contributed by atoms with Crippen molar-refractivity contribution in [1.29, 1.82) is 0 Å².